The van der Waals surface area contributed by atoms with Gasteiger partial charge in [-0.3, -0.25) is 14.4 Å². The van der Waals surface area contributed by atoms with Crippen molar-refractivity contribution in [2.75, 3.05) is 18.6 Å². The van der Waals surface area contributed by atoms with Gasteiger partial charge in [0.05, 0.1) is 19.0 Å². The second-order valence-electron chi connectivity index (χ2n) is 8.06. The van der Waals surface area contributed by atoms with Crippen LogP contribution in [0, 0.1) is 0 Å². The summed E-state index contributed by atoms with van der Waals surface area (Å²) in [5.74, 6) is -2.86. The van der Waals surface area contributed by atoms with Crippen molar-refractivity contribution in [2.45, 2.75) is 43.4 Å². The van der Waals surface area contributed by atoms with Gasteiger partial charge in [0.25, 0.3) is 0 Å². The standard InChI is InChI=1S/C23H32N6O6S/c1-36-8-7-17(21(32)28-18(23(34)35)9-14-5-3-2-4-6-14)27-22(33)19(12-30)29-20(31)16(24)10-15-11-25-13-26-15/h2-6,11,13,16-19,30H,7-10,12,24H2,1H3,(H,25,26)(H,27,33)(H,28,32)(H,29,31)(H,34,35). The van der Waals surface area contributed by atoms with Gasteiger partial charge < -0.3 is 36.9 Å². The number of amides is 3. The number of aromatic amines is 1. The number of carboxylic acids is 1. The first kappa shape index (κ1) is 28.8. The van der Waals surface area contributed by atoms with Crippen LogP contribution in [-0.2, 0) is 32.0 Å². The van der Waals surface area contributed by atoms with Crippen molar-refractivity contribution in [1.82, 2.24) is 25.9 Å². The Morgan fingerprint density at radius 3 is 2.22 bits per heavy atom. The molecule has 0 aliphatic rings. The molecule has 0 bridgehead atoms. The highest BCUT2D eigenvalue weighted by Gasteiger charge is 2.30. The Hall–Kier alpha value is -3.42. The summed E-state index contributed by atoms with van der Waals surface area (Å²) < 4.78 is 0. The molecule has 36 heavy (non-hydrogen) atoms. The van der Waals surface area contributed by atoms with Gasteiger partial charge in [0.15, 0.2) is 0 Å². The second kappa shape index (κ2) is 14.9. The summed E-state index contributed by atoms with van der Waals surface area (Å²) in [6, 6.07) is 4.19. The number of aromatic nitrogens is 2. The van der Waals surface area contributed by atoms with Gasteiger partial charge in [-0.2, -0.15) is 11.8 Å². The van der Waals surface area contributed by atoms with Crippen molar-refractivity contribution < 1.29 is 29.4 Å². The maximum absolute atomic E-state index is 12.9. The normalized spacial score (nSPS) is 14.2. The molecule has 13 heteroatoms. The number of rotatable bonds is 15. The fourth-order valence-corrected chi connectivity index (χ4v) is 3.77. The number of hydrogen-bond donors (Lipinski definition) is 7. The van der Waals surface area contributed by atoms with E-state index in [1.165, 1.54) is 24.3 Å². The highest BCUT2D eigenvalue weighted by molar-refractivity contribution is 7.98. The number of aliphatic hydroxyl groups excluding tert-OH is 1. The Bertz CT molecular complexity index is 990. The summed E-state index contributed by atoms with van der Waals surface area (Å²) in [4.78, 5) is 56.6. The number of carbonyl (C=O) groups excluding carboxylic acids is 3. The maximum Gasteiger partial charge on any atom is 0.326 e. The third kappa shape index (κ3) is 9.32. The van der Waals surface area contributed by atoms with Crippen LogP contribution in [0.4, 0.5) is 0 Å². The summed E-state index contributed by atoms with van der Waals surface area (Å²) in [5, 5.41) is 26.6. The highest BCUT2D eigenvalue weighted by Crippen LogP contribution is 2.07. The van der Waals surface area contributed by atoms with Crippen LogP contribution in [0.3, 0.4) is 0 Å². The van der Waals surface area contributed by atoms with Gasteiger partial charge in [0.1, 0.15) is 18.1 Å². The van der Waals surface area contributed by atoms with Crippen LogP contribution < -0.4 is 21.7 Å². The Kier molecular flexibility index (Phi) is 11.9. The fraction of sp³-hybridized carbons (Fsp3) is 0.435. The van der Waals surface area contributed by atoms with E-state index >= 15 is 0 Å². The van der Waals surface area contributed by atoms with E-state index in [2.05, 4.69) is 25.9 Å². The molecule has 196 valence electrons. The average Bonchev–Trinajstić information content (AvgIpc) is 3.37. The minimum atomic E-state index is -1.35. The Morgan fingerprint density at radius 2 is 1.64 bits per heavy atom. The number of nitrogens with two attached hydrogens (primary N) is 1. The van der Waals surface area contributed by atoms with Crippen molar-refractivity contribution >= 4 is 35.5 Å². The summed E-state index contributed by atoms with van der Waals surface area (Å²) >= 11 is 1.44. The van der Waals surface area contributed by atoms with Gasteiger partial charge in [-0.25, -0.2) is 9.78 Å². The Balaban J connectivity index is 2.02. The Labute approximate surface area is 212 Å². The number of hydrogen-bond acceptors (Lipinski definition) is 8. The van der Waals surface area contributed by atoms with Crippen LogP contribution in [0.1, 0.15) is 17.7 Å². The van der Waals surface area contributed by atoms with Crippen LogP contribution in [-0.4, -0.2) is 86.7 Å². The molecule has 0 saturated carbocycles. The molecule has 0 aliphatic carbocycles. The van der Waals surface area contributed by atoms with Gasteiger partial charge in [-0.15, -0.1) is 0 Å². The van der Waals surface area contributed by atoms with Gasteiger partial charge in [-0.05, 0) is 24.0 Å². The van der Waals surface area contributed by atoms with E-state index in [0.29, 0.717) is 11.4 Å². The Morgan fingerprint density at radius 1 is 1.00 bits per heavy atom. The quantitative estimate of drug-likeness (QED) is 0.151. The number of H-pyrrole nitrogens is 1. The molecule has 3 amide bonds. The lowest BCUT2D eigenvalue weighted by molar-refractivity contribution is -0.142. The zero-order valence-corrected chi connectivity index (χ0v) is 20.7. The molecule has 0 spiro atoms. The van der Waals surface area contributed by atoms with Crippen LogP contribution in [0.2, 0.25) is 0 Å². The molecular formula is C23H32N6O6S. The maximum atomic E-state index is 12.9. The fourth-order valence-electron chi connectivity index (χ4n) is 3.30. The van der Waals surface area contributed by atoms with Crippen molar-refractivity contribution in [3.8, 4) is 0 Å². The van der Waals surface area contributed by atoms with E-state index in [-0.39, 0.29) is 19.3 Å². The number of carbonyl (C=O) groups is 4. The van der Waals surface area contributed by atoms with Crippen molar-refractivity contribution in [3.05, 3.63) is 54.1 Å². The van der Waals surface area contributed by atoms with Gasteiger partial charge in [-0.1, -0.05) is 30.3 Å². The summed E-state index contributed by atoms with van der Waals surface area (Å²) in [5.41, 5.74) is 7.23. The van der Waals surface area contributed by atoms with E-state index in [4.69, 9.17) is 5.73 Å². The van der Waals surface area contributed by atoms with Gasteiger partial charge in [0.2, 0.25) is 17.7 Å². The molecule has 1 aromatic carbocycles. The zero-order chi connectivity index (χ0) is 26.5. The molecule has 0 saturated heterocycles. The molecule has 1 aromatic heterocycles. The predicted molar refractivity (Wildman–Crippen MR) is 134 cm³/mol. The summed E-state index contributed by atoms with van der Waals surface area (Å²) in [7, 11) is 0. The molecule has 12 nitrogen and oxygen atoms in total. The molecule has 0 radical (unpaired) electrons. The monoisotopic (exact) mass is 520 g/mol. The topological polar surface area (TPSA) is 200 Å². The molecule has 4 atom stereocenters. The van der Waals surface area contributed by atoms with Crippen molar-refractivity contribution in [3.63, 3.8) is 0 Å². The van der Waals surface area contributed by atoms with Crippen LogP contribution >= 0.6 is 11.8 Å². The number of carboxylic acid groups (broad SMARTS) is 1. The van der Waals surface area contributed by atoms with E-state index in [1.54, 1.807) is 30.3 Å². The minimum absolute atomic E-state index is 0.0641. The lowest BCUT2D eigenvalue weighted by Gasteiger charge is -2.24. The van der Waals surface area contributed by atoms with Crippen LogP contribution in [0.5, 0.6) is 0 Å². The molecule has 2 aromatic rings. The summed E-state index contributed by atoms with van der Waals surface area (Å²) in [6.07, 6.45) is 5.20. The number of thioether (sulfide) groups is 1. The van der Waals surface area contributed by atoms with Crippen molar-refractivity contribution in [2.24, 2.45) is 5.73 Å². The number of benzene rings is 1. The molecule has 1 heterocycles. The largest absolute Gasteiger partial charge is 0.480 e. The lowest BCUT2D eigenvalue weighted by atomic mass is 10.1. The number of aliphatic hydroxyl groups is 1. The minimum Gasteiger partial charge on any atom is -0.480 e. The first-order chi connectivity index (χ1) is 17.2. The molecule has 0 aliphatic heterocycles. The first-order valence-corrected chi connectivity index (χ1v) is 12.6. The SMILES string of the molecule is CSCCC(NC(=O)C(CO)NC(=O)C(N)Cc1cnc[nH]1)C(=O)NC(Cc1ccccc1)C(=O)O. The number of aliphatic carboxylic acids is 1. The lowest BCUT2D eigenvalue weighted by Crippen LogP contribution is -2.58. The third-order valence-corrected chi connectivity index (χ3v) is 5.93. The second-order valence-corrected chi connectivity index (χ2v) is 9.05. The molecule has 4 unspecified atom stereocenters. The van der Waals surface area contributed by atoms with E-state index in [1.807, 2.05) is 6.26 Å². The molecular weight excluding hydrogens is 488 g/mol. The highest BCUT2D eigenvalue weighted by atomic mass is 32.2. The van der Waals surface area contributed by atoms with Gasteiger partial charge >= 0.3 is 5.97 Å². The van der Waals surface area contributed by atoms with E-state index < -0.39 is 54.5 Å². The molecule has 2 rings (SSSR count). The van der Waals surface area contributed by atoms with E-state index in [0.717, 1.165) is 5.56 Å². The first-order valence-electron chi connectivity index (χ1n) is 11.3. The number of imidazole rings is 1. The average molecular weight is 521 g/mol. The van der Waals surface area contributed by atoms with Gasteiger partial charge in [0, 0.05) is 24.7 Å². The predicted octanol–water partition coefficient (Wildman–Crippen LogP) is -1.19. The number of nitrogens with zero attached hydrogens (tertiary/aromatic N) is 1. The van der Waals surface area contributed by atoms with Crippen LogP contribution in [0.25, 0.3) is 0 Å². The smallest absolute Gasteiger partial charge is 0.326 e. The van der Waals surface area contributed by atoms with Crippen molar-refractivity contribution in [1.29, 1.82) is 0 Å². The molecule has 0 fully saturated rings. The van der Waals surface area contributed by atoms with Crippen LogP contribution in [0.15, 0.2) is 42.9 Å². The zero-order valence-electron chi connectivity index (χ0n) is 19.8. The molecule has 8 N–H and O–H groups in total. The third-order valence-electron chi connectivity index (χ3n) is 5.29. The van der Waals surface area contributed by atoms with E-state index in [9.17, 15) is 29.4 Å². The summed E-state index contributed by atoms with van der Waals surface area (Å²) in [6.45, 7) is -0.725. The number of nitrogens with one attached hydrogen (secondary N) is 4.